The highest BCUT2D eigenvalue weighted by molar-refractivity contribution is 5.77. The summed E-state index contributed by atoms with van der Waals surface area (Å²) in [6, 6.07) is -0.234. The standard InChI is InChI=1S/C5H8N2O3/c1-4-2-3-5(8)6(4)7(9)10/h4H,2-3H2,1H3. The lowest BCUT2D eigenvalue weighted by molar-refractivity contribution is -0.639. The normalized spacial score (nSPS) is 25.5. The summed E-state index contributed by atoms with van der Waals surface area (Å²) in [5.41, 5.74) is 0. The van der Waals surface area contributed by atoms with E-state index in [1.807, 2.05) is 0 Å². The molecule has 1 saturated heterocycles. The van der Waals surface area contributed by atoms with E-state index in [9.17, 15) is 14.9 Å². The lowest BCUT2D eigenvalue weighted by atomic mass is 10.3. The van der Waals surface area contributed by atoms with Crippen molar-refractivity contribution in [1.82, 2.24) is 5.01 Å². The van der Waals surface area contributed by atoms with Gasteiger partial charge in [-0.2, -0.15) is 0 Å². The number of hydrogen-bond donors (Lipinski definition) is 0. The van der Waals surface area contributed by atoms with Crippen molar-refractivity contribution in [3.8, 4) is 0 Å². The Balaban J connectivity index is 2.72. The molecule has 1 aliphatic heterocycles. The van der Waals surface area contributed by atoms with Gasteiger partial charge in [0.1, 0.15) is 0 Å². The maximum atomic E-state index is 10.7. The van der Waals surface area contributed by atoms with E-state index in [4.69, 9.17) is 0 Å². The molecule has 56 valence electrons. The second-order valence-corrected chi connectivity index (χ2v) is 2.36. The van der Waals surface area contributed by atoms with Crippen LogP contribution in [0.4, 0.5) is 0 Å². The van der Waals surface area contributed by atoms with Gasteiger partial charge < -0.3 is 0 Å². The molecule has 1 heterocycles. The number of hydrazine groups is 1. The minimum absolute atomic E-state index is 0.234. The van der Waals surface area contributed by atoms with E-state index in [-0.39, 0.29) is 11.9 Å². The predicted octanol–water partition coefficient (Wildman–Crippen LogP) is 0.189. The number of rotatable bonds is 1. The third-order valence-corrected chi connectivity index (χ3v) is 1.62. The van der Waals surface area contributed by atoms with Crippen LogP contribution in [0.2, 0.25) is 0 Å². The first kappa shape index (κ1) is 6.98. The van der Waals surface area contributed by atoms with Crippen LogP contribution in [0.1, 0.15) is 19.8 Å². The van der Waals surface area contributed by atoms with Crippen molar-refractivity contribution in [2.45, 2.75) is 25.8 Å². The van der Waals surface area contributed by atoms with Gasteiger partial charge in [0.25, 0.3) is 5.91 Å². The zero-order valence-corrected chi connectivity index (χ0v) is 5.61. The molecule has 1 atom stereocenters. The molecule has 1 amide bonds. The molecule has 0 N–H and O–H groups in total. The van der Waals surface area contributed by atoms with Gasteiger partial charge in [0.2, 0.25) is 0 Å². The first-order valence-corrected chi connectivity index (χ1v) is 3.09. The molecule has 1 fully saturated rings. The van der Waals surface area contributed by atoms with E-state index in [0.717, 1.165) is 0 Å². The maximum absolute atomic E-state index is 10.7. The summed E-state index contributed by atoms with van der Waals surface area (Å²) < 4.78 is 0. The van der Waals surface area contributed by atoms with E-state index in [2.05, 4.69) is 0 Å². The molecule has 0 saturated carbocycles. The molecule has 1 rings (SSSR count). The summed E-state index contributed by atoms with van der Waals surface area (Å²) in [7, 11) is 0. The van der Waals surface area contributed by atoms with Gasteiger partial charge in [0.15, 0.2) is 5.03 Å². The van der Waals surface area contributed by atoms with Crippen LogP contribution >= 0.6 is 0 Å². The summed E-state index contributed by atoms with van der Waals surface area (Å²) in [4.78, 5) is 20.8. The number of amides is 1. The molecule has 0 aliphatic carbocycles. The Bertz CT molecular complexity index is 180. The third kappa shape index (κ3) is 0.940. The molecule has 5 nitrogen and oxygen atoms in total. The quantitative estimate of drug-likeness (QED) is 0.389. The van der Waals surface area contributed by atoms with Crippen LogP contribution in [0.5, 0.6) is 0 Å². The monoisotopic (exact) mass is 144 g/mol. The average Bonchev–Trinajstić information content (AvgIpc) is 2.11. The van der Waals surface area contributed by atoms with Crippen molar-refractivity contribution < 1.29 is 9.83 Å². The molecule has 0 aromatic heterocycles. The Hall–Kier alpha value is -1.13. The highest BCUT2D eigenvalue weighted by Gasteiger charge is 2.36. The molecule has 10 heavy (non-hydrogen) atoms. The summed E-state index contributed by atoms with van der Waals surface area (Å²) in [5.74, 6) is -0.377. The van der Waals surface area contributed by atoms with Crippen LogP contribution < -0.4 is 0 Å². The maximum Gasteiger partial charge on any atom is 0.283 e. The zero-order chi connectivity index (χ0) is 7.72. The largest absolute Gasteiger partial charge is 0.283 e. The molecule has 1 unspecified atom stereocenters. The van der Waals surface area contributed by atoms with E-state index in [1.54, 1.807) is 6.92 Å². The van der Waals surface area contributed by atoms with Crippen molar-refractivity contribution in [2.24, 2.45) is 0 Å². The summed E-state index contributed by atoms with van der Waals surface area (Å²) >= 11 is 0. The summed E-state index contributed by atoms with van der Waals surface area (Å²) in [6.45, 7) is 1.67. The molecule has 0 radical (unpaired) electrons. The van der Waals surface area contributed by atoms with Crippen LogP contribution in [0.3, 0.4) is 0 Å². The van der Waals surface area contributed by atoms with Crippen LogP contribution in [-0.4, -0.2) is 22.0 Å². The number of nitrogens with zero attached hydrogens (tertiary/aromatic N) is 2. The molecule has 0 aromatic carbocycles. The third-order valence-electron chi connectivity index (χ3n) is 1.62. The van der Waals surface area contributed by atoms with E-state index in [1.165, 1.54) is 0 Å². The van der Waals surface area contributed by atoms with Gasteiger partial charge in [0.05, 0.1) is 6.04 Å². The molecule has 0 aromatic rings. The second kappa shape index (κ2) is 2.24. The Labute approximate surface area is 57.7 Å². The Morgan fingerprint density at radius 1 is 1.80 bits per heavy atom. The first-order valence-electron chi connectivity index (χ1n) is 3.09. The average molecular weight is 144 g/mol. The molecule has 5 heteroatoms. The van der Waals surface area contributed by atoms with Crippen molar-refractivity contribution in [3.05, 3.63) is 10.1 Å². The van der Waals surface area contributed by atoms with Gasteiger partial charge >= 0.3 is 0 Å². The van der Waals surface area contributed by atoms with Crippen molar-refractivity contribution in [2.75, 3.05) is 0 Å². The smallest absolute Gasteiger partial charge is 0.269 e. The van der Waals surface area contributed by atoms with Crippen LogP contribution in [0, 0.1) is 10.1 Å². The van der Waals surface area contributed by atoms with Gasteiger partial charge in [-0.1, -0.05) is 5.01 Å². The number of carbonyl (C=O) groups is 1. The molecule has 0 bridgehead atoms. The minimum Gasteiger partial charge on any atom is -0.269 e. The van der Waals surface area contributed by atoms with E-state index in [0.29, 0.717) is 17.9 Å². The van der Waals surface area contributed by atoms with Crippen molar-refractivity contribution in [3.63, 3.8) is 0 Å². The fourth-order valence-corrected chi connectivity index (χ4v) is 1.07. The van der Waals surface area contributed by atoms with Crippen molar-refractivity contribution in [1.29, 1.82) is 0 Å². The van der Waals surface area contributed by atoms with E-state index >= 15 is 0 Å². The number of carbonyl (C=O) groups excluding carboxylic acids is 1. The Morgan fingerprint density at radius 2 is 2.40 bits per heavy atom. The van der Waals surface area contributed by atoms with Gasteiger partial charge in [-0.3, -0.25) is 4.79 Å². The Morgan fingerprint density at radius 3 is 2.60 bits per heavy atom. The second-order valence-electron chi connectivity index (χ2n) is 2.36. The molecular formula is C5H8N2O3. The van der Waals surface area contributed by atoms with Gasteiger partial charge in [-0.15, -0.1) is 0 Å². The molecule has 0 spiro atoms. The van der Waals surface area contributed by atoms with Gasteiger partial charge in [-0.05, 0) is 13.3 Å². The van der Waals surface area contributed by atoms with Crippen LogP contribution in [0.15, 0.2) is 0 Å². The minimum atomic E-state index is -0.639. The topological polar surface area (TPSA) is 63.5 Å². The fourth-order valence-electron chi connectivity index (χ4n) is 1.07. The fraction of sp³-hybridized carbons (Fsp3) is 0.800. The number of nitro groups is 1. The van der Waals surface area contributed by atoms with Gasteiger partial charge in [0, 0.05) is 6.42 Å². The van der Waals surface area contributed by atoms with Crippen molar-refractivity contribution >= 4 is 5.91 Å². The summed E-state index contributed by atoms with van der Waals surface area (Å²) in [6.07, 6.45) is 0.905. The first-order chi connectivity index (χ1) is 4.63. The lowest BCUT2D eigenvalue weighted by Crippen LogP contribution is -2.36. The molecular weight excluding hydrogens is 136 g/mol. The van der Waals surface area contributed by atoms with Crippen LogP contribution in [0.25, 0.3) is 0 Å². The van der Waals surface area contributed by atoms with Crippen LogP contribution in [-0.2, 0) is 4.79 Å². The predicted molar refractivity (Wildman–Crippen MR) is 32.5 cm³/mol. The molecule has 1 aliphatic rings. The lowest BCUT2D eigenvalue weighted by Gasteiger charge is -2.08. The summed E-state index contributed by atoms with van der Waals surface area (Å²) in [5, 5.41) is 10.2. The Kier molecular flexibility index (Phi) is 1.57. The van der Waals surface area contributed by atoms with E-state index < -0.39 is 5.03 Å². The number of hydrogen-bond acceptors (Lipinski definition) is 3. The highest BCUT2D eigenvalue weighted by Crippen LogP contribution is 2.16. The highest BCUT2D eigenvalue weighted by atomic mass is 16.7. The SMILES string of the molecule is CC1CCC(=O)N1[N+](=O)[O-]. The zero-order valence-electron chi connectivity index (χ0n) is 5.61. The van der Waals surface area contributed by atoms with Gasteiger partial charge in [-0.25, -0.2) is 10.1 Å².